The third-order valence-electron chi connectivity index (χ3n) is 3.40. The van der Waals surface area contributed by atoms with Gasteiger partial charge in [-0.2, -0.15) is 5.26 Å². The molecular formula is C17H20N2O2S. The van der Waals surface area contributed by atoms with Crippen molar-refractivity contribution in [1.82, 2.24) is 5.32 Å². The Kier molecular flexibility index (Phi) is 5.91. The van der Waals surface area contributed by atoms with E-state index in [2.05, 4.69) is 18.3 Å². The minimum atomic E-state index is -0.172. The van der Waals surface area contributed by atoms with Crippen molar-refractivity contribution >= 4 is 17.7 Å². The van der Waals surface area contributed by atoms with E-state index in [1.807, 2.05) is 31.2 Å². The SMILES string of the molecule is CCCSC1=C(C#N)[C@H](c2ccc(OCC)cc2)CC(=O)N1. The summed E-state index contributed by atoms with van der Waals surface area (Å²) in [6.45, 7) is 4.63. The van der Waals surface area contributed by atoms with E-state index in [0.717, 1.165) is 23.5 Å². The van der Waals surface area contributed by atoms with Crippen LogP contribution < -0.4 is 10.1 Å². The normalized spacial score (nSPS) is 17.9. The molecular weight excluding hydrogens is 296 g/mol. The highest BCUT2D eigenvalue weighted by Gasteiger charge is 2.29. The van der Waals surface area contributed by atoms with Gasteiger partial charge < -0.3 is 10.1 Å². The van der Waals surface area contributed by atoms with Gasteiger partial charge in [0.25, 0.3) is 0 Å². The Labute approximate surface area is 135 Å². The first-order valence-electron chi connectivity index (χ1n) is 7.49. The third-order valence-corrected chi connectivity index (χ3v) is 4.62. The molecule has 1 aliphatic rings. The van der Waals surface area contributed by atoms with Crippen LogP contribution >= 0.6 is 11.8 Å². The van der Waals surface area contributed by atoms with Gasteiger partial charge >= 0.3 is 0 Å². The number of allylic oxidation sites excluding steroid dienone is 1. The van der Waals surface area contributed by atoms with Gasteiger partial charge in [-0.1, -0.05) is 19.1 Å². The number of thioether (sulfide) groups is 1. The molecule has 1 aromatic rings. The minimum absolute atomic E-state index is 0.0310. The van der Waals surface area contributed by atoms with Crippen LogP contribution in [-0.4, -0.2) is 18.3 Å². The van der Waals surface area contributed by atoms with E-state index in [4.69, 9.17) is 4.74 Å². The Morgan fingerprint density at radius 2 is 2.09 bits per heavy atom. The number of ether oxygens (including phenoxy) is 1. The highest BCUT2D eigenvalue weighted by Crippen LogP contribution is 2.36. The molecule has 1 heterocycles. The van der Waals surface area contributed by atoms with Gasteiger partial charge in [-0.15, -0.1) is 11.8 Å². The van der Waals surface area contributed by atoms with Gasteiger partial charge in [0.05, 0.1) is 23.3 Å². The first-order chi connectivity index (χ1) is 10.7. The Morgan fingerprint density at radius 3 is 2.68 bits per heavy atom. The van der Waals surface area contributed by atoms with Crippen molar-refractivity contribution in [2.75, 3.05) is 12.4 Å². The quantitative estimate of drug-likeness (QED) is 0.871. The lowest BCUT2D eigenvalue weighted by molar-refractivity contribution is -0.120. The fraction of sp³-hybridized carbons (Fsp3) is 0.412. The van der Waals surface area contributed by atoms with Crippen LogP contribution in [0.15, 0.2) is 34.9 Å². The highest BCUT2D eigenvalue weighted by atomic mass is 32.2. The second-order valence-corrected chi connectivity index (χ2v) is 6.12. The number of rotatable bonds is 6. The maximum Gasteiger partial charge on any atom is 0.225 e. The van der Waals surface area contributed by atoms with Gasteiger partial charge in [0.1, 0.15) is 5.75 Å². The molecule has 0 aliphatic carbocycles. The van der Waals surface area contributed by atoms with Crippen molar-refractivity contribution in [3.8, 4) is 11.8 Å². The Balaban J connectivity index is 2.30. The molecule has 1 atom stereocenters. The standard InChI is InChI=1S/C17H20N2O2S/c1-3-9-22-17-15(11-18)14(10-16(20)19-17)12-5-7-13(8-6-12)21-4-2/h5-8,14H,3-4,9-10H2,1-2H3,(H,19,20)/t14-/m0/s1. The molecule has 5 heteroatoms. The molecule has 1 aromatic carbocycles. The Bertz CT molecular complexity index is 602. The molecule has 0 radical (unpaired) electrons. The summed E-state index contributed by atoms with van der Waals surface area (Å²) < 4.78 is 5.44. The molecule has 1 aliphatic heterocycles. The van der Waals surface area contributed by atoms with E-state index >= 15 is 0 Å². The molecule has 4 nitrogen and oxygen atoms in total. The monoisotopic (exact) mass is 316 g/mol. The summed E-state index contributed by atoms with van der Waals surface area (Å²) in [4.78, 5) is 12.0. The van der Waals surface area contributed by atoms with Crippen LogP contribution in [0.4, 0.5) is 0 Å². The van der Waals surface area contributed by atoms with E-state index in [1.165, 1.54) is 0 Å². The third kappa shape index (κ3) is 3.83. The summed E-state index contributed by atoms with van der Waals surface area (Å²) in [5, 5.41) is 13.1. The number of carbonyl (C=O) groups is 1. The number of carbonyl (C=O) groups excluding carboxylic acids is 1. The maximum absolute atomic E-state index is 12.0. The van der Waals surface area contributed by atoms with Crippen LogP contribution in [0.5, 0.6) is 5.75 Å². The van der Waals surface area contributed by atoms with Crippen molar-refractivity contribution in [3.63, 3.8) is 0 Å². The summed E-state index contributed by atoms with van der Waals surface area (Å²) in [5.74, 6) is 1.48. The van der Waals surface area contributed by atoms with Gasteiger partial charge in [0, 0.05) is 12.3 Å². The van der Waals surface area contributed by atoms with Crippen LogP contribution in [0.3, 0.4) is 0 Å². The van der Waals surface area contributed by atoms with E-state index in [9.17, 15) is 10.1 Å². The van der Waals surface area contributed by atoms with Crippen LogP contribution in [-0.2, 0) is 4.79 Å². The number of hydrogen-bond acceptors (Lipinski definition) is 4. The minimum Gasteiger partial charge on any atom is -0.494 e. The largest absolute Gasteiger partial charge is 0.494 e. The zero-order valence-electron chi connectivity index (χ0n) is 12.9. The molecule has 22 heavy (non-hydrogen) atoms. The highest BCUT2D eigenvalue weighted by molar-refractivity contribution is 8.03. The summed E-state index contributed by atoms with van der Waals surface area (Å²) in [6.07, 6.45) is 1.31. The predicted octanol–water partition coefficient (Wildman–Crippen LogP) is 3.57. The fourth-order valence-corrected chi connectivity index (χ4v) is 3.32. The van der Waals surface area contributed by atoms with Gasteiger partial charge in [0.15, 0.2) is 0 Å². The summed E-state index contributed by atoms with van der Waals surface area (Å²) in [6, 6.07) is 9.94. The van der Waals surface area contributed by atoms with Crippen molar-refractivity contribution < 1.29 is 9.53 Å². The molecule has 1 amide bonds. The second-order valence-electron chi connectivity index (χ2n) is 5.01. The molecule has 0 bridgehead atoms. The predicted molar refractivity (Wildman–Crippen MR) is 88.5 cm³/mol. The molecule has 0 aromatic heterocycles. The van der Waals surface area contributed by atoms with Gasteiger partial charge in [-0.05, 0) is 36.8 Å². The average molecular weight is 316 g/mol. The first-order valence-corrected chi connectivity index (χ1v) is 8.47. The summed E-state index contributed by atoms with van der Waals surface area (Å²) >= 11 is 1.54. The zero-order chi connectivity index (χ0) is 15.9. The lowest BCUT2D eigenvalue weighted by Gasteiger charge is -2.25. The van der Waals surface area contributed by atoms with Crippen LogP contribution in [0.2, 0.25) is 0 Å². The molecule has 0 unspecified atom stereocenters. The number of benzene rings is 1. The fourth-order valence-electron chi connectivity index (χ4n) is 2.38. The summed E-state index contributed by atoms with van der Waals surface area (Å²) in [7, 11) is 0. The van der Waals surface area contributed by atoms with Crippen molar-refractivity contribution in [2.45, 2.75) is 32.6 Å². The van der Waals surface area contributed by atoms with E-state index in [0.29, 0.717) is 23.6 Å². The Hall–Kier alpha value is -1.93. The molecule has 0 fully saturated rings. The van der Waals surface area contributed by atoms with E-state index in [1.54, 1.807) is 11.8 Å². The van der Waals surface area contributed by atoms with E-state index < -0.39 is 0 Å². The van der Waals surface area contributed by atoms with Gasteiger partial charge in [-0.3, -0.25) is 4.79 Å². The lowest BCUT2D eigenvalue weighted by Crippen LogP contribution is -2.30. The molecule has 116 valence electrons. The molecule has 2 rings (SSSR count). The van der Waals surface area contributed by atoms with Crippen molar-refractivity contribution in [2.24, 2.45) is 0 Å². The second kappa shape index (κ2) is 7.90. The molecule has 0 spiro atoms. The number of hydrogen-bond donors (Lipinski definition) is 1. The van der Waals surface area contributed by atoms with Gasteiger partial charge in [0.2, 0.25) is 5.91 Å². The average Bonchev–Trinajstić information content (AvgIpc) is 2.53. The molecule has 0 saturated carbocycles. The number of nitrogens with zero attached hydrogens (tertiary/aromatic N) is 1. The van der Waals surface area contributed by atoms with Crippen molar-refractivity contribution in [1.29, 1.82) is 5.26 Å². The Morgan fingerprint density at radius 1 is 1.36 bits per heavy atom. The van der Waals surface area contributed by atoms with Crippen LogP contribution in [0, 0.1) is 11.3 Å². The number of amides is 1. The van der Waals surface area contributed by atoms with Gasteiger partial charge in [-0.25, -0.2) is 0 Å². The van der Waals surface area contributed by atoms with Crippen LogP contribution in [0.25, 0.3) is 0 Å². The van der Waals surface area contributed by atoms with E-state index in [-0.39, 0.29) is 11.8 Å². The number of nitrogens with one attached hydrogen (secondary N) is 1. The summed E-state index contributed by atoms with van der Waals surface area (Å²) in [5.41, 5.74) is 1.63. The lowest BCUT2D eigenvalue weighted by atomic mass is 9.87. The van der Waals surface area contributed by atoms with Crippen molar-refractivity contribution in [3.05, 3.63) is 40.4 Å². The zero-order valence-corrected chi connectivity index (χ0v) is 13.7. The number of nitriles is 1. The van der Waals surface area contributed by atoms with Crippen LogP contribution in [0.1, 0.15) is 38.2 Å². The smallest absolute Gasteiger partial charge is 0.225 e. The topological polar surface area (TPSA) is 62.1 Å². The first kappa shape index (κ1) is 16.4. The molecule has 1 N–H and O–H groups in total. The maximum atomic E-state index is 12.0. The molecule has 0 saturated heterocycles.